The molecule has 0 bridgehead atoms. The minimum atomic E-state index is -0.632. The van der Waals surface area contributed by atoms with E-state index in [4.69, 9.17) is 0 Å². The van der Waals surface area contributed by atoms with Gasteiger partial charge in [0.15, 0.2) is 0 Å². The Balaban J connectivity index is 1.93. The molecule has 1 saturated carbocycles. The quantitative estimate of drug-likeness (QED) is 0.739. The molecule has 0 aromatic rings. The van der Waals surface area contributed by atoms with Crippen LogP contribution in [0.5, 0.6) is 0 Å². The summed E-state index contributed by atoms with van der Waals surface area (Å²) in [5, 5.41) is 2.90. The van der Waals surface area contributed by atoms with Crippen LogP contribution in [-0.2, 0) is 9.59 Å². The van der Waals surface area contributed by atoms with Crippen molar-refractivity contribution < 1.29 is 9.59 Å². The molecule has 2 aliphatic rings. The number of carbonyl (C=O) groups excluding carboxylic acids is 2. The van der Waals surface area contributed by atoms with Crippen LogP contribution in [0.1, 0.15) is 33.1 Å². The summed E-state index contributed by atoms with van der Waals surface area (Å²) in [7, 11) is 0. The predicted molar refractivity (Wildman–Crippen MR) is 73.5 cm³/mol. The standard InChI is InChI=1S/C13H22N2O2S/c1-3-18-8-4-7-15-9-11(16)14-13(2,12(15)17)10-5-6-10/h10H,3-9H2,1-2H3,(H,14,16). The zero-order valence-electron chi connectivity index (χ0n) is 11.2. The van der Waals surface area contributed by atoms with Gasteiger partial charge in [-0.2, -0.15) is 11.8 Å². The van der Waals surface area contributed by atoms with Gasteiger partial charge < -0.3 is 10.2 Å². The molecule has 1 aliphatic heterocycles. The Kier molecular flexibility index (Phi) is 4.20. The van der Waals surface area contributed by atoms with E-state index in [1.54, 1.807) is 4.90 Å². The van der Waals surface area contributed by atoms with E-state index in [1.807, 2.05) is 18.7 Å². The van der Waals surface area contributed by atoms with Gasteiger partial charge in [-0.05, 0) is 43.6 Å². The number of thioether (sulfide) groups is 1. The Hall–Kier alpha value is -0.710. The molecule has 1 unspecified atom stereocenters. The van der Waals surface area contributed by atoms with E-state index in [2.05, 4.69) is 12.2 Å². The lowest BCUT2D eigenvalue weighted by Crippen LogP contribution is -2.66. The zero-order chi connectivity index (χ0) is 13.2. The summed E-state index contributed by atoms with van der Waals surface area (Å²) in [6.07, 6.45) is 3.09. The molecular formula is C13H22N2O2S. The first kappa shape index (κ1) is 13.7. The van der Waals surface area contributed by atoms with E-state index in [9.17, 15) is 9.59 Å². The monoisotopic (exact) mass is 270 g/mol. The molecule has 1 atom stereocenters. The zero-order valence-corrected chi connectivity index (χ0v) is 12.0. The lowest BCUT2D eigenvalue weighted by molar-refractivity contribution is -0.150. The molecule has 0 spiro atoms. The Morgan fingerprint density at radius 2 is 2.17 bits per heavy atom. The molecule has 0 aromatic carbocycles. The van der Waals surface area contributed by atoms with Crippen molar-refractivity contribution in [1.82, 2.24) is 10.2 Å². The molecule has 1 saturated heterocycles. The maximum Gasteiger partial charge on any atom is 0.248 e. The molecule has 2 fully saturated rings. The fourth-order valence-corrected chi connectivity index (χ4v) is 3.20. The van der Waals surface area contributed by atoms with Crippen molar-refractivity contribution in [3.63, 3.8) is 0 Å². The van der Waals surface area contributed by atoms with E-state index in [-0.39, 0.29) is 18.4 Å². The lowest BCUT2D eigenvalue weighted by Gasteiger charge is -2.40. The number of nitrogens with zero attached hydrogens (tertiary/aromatic N) is 1. The topological polar surface area (TPSA) is 49.4 Å². The average molecular weight is 270 g/mol. The van der Waals surface area contributed by atoms with Crippen molar-refractivity contribution in [3.05, 3.63) is 0 Å². The Bertz CT molecular complexity index is 344. The number of hydrogen-bond acceptors (Lipinski definition) is 3. The van der Waals surface area contributed by atoms with E-state index < -0.39 is 5.54 Å². The molecule has 5 heteroatoms. The van der Waals surface area contributed by atoms with Crippen molar-refractivity contribution in [2.45, 2.75) is 38.6 Å². The van der Waals surface area contributed by atoms with E-state index in [0.717, 1.165) is 30.8 Å². The van der Waals surface area contributed by atoms with Gasteiger partial charge in [0.2, 0.25) is 11.8 Å². The lowest BCUT2D eigenvalue weighted by atomic mass is 9.91. The van der Waals surface area contributed by atoms with Crippen molar-refractivity contribution in [2.24, 2.45) is 5.92 Å². The number of rotatable bonds is 6. The maximum atomic E-state index is 12.4. The summed E-state index contributed by atoms with van der Waals surface area (Å²) in [6, 6.07) is 0. The van der Waals surface area contributed by atoms with Crippen molar-refractivity contribution in [1.29, 1.82) is 0 Å². The minimum Gasteiger partial charge on any atom is -0.340 e. The van der Waals surface area contributed by atoms with Gasteiger partial charge in [0.25, 0.3) is 0 Å². The molecule has 1 aliphatic carbocycles. The molecule has 1 N–H and O–H groups in total. The number of amides is 2. The van der Waals surface area contributed by atoms with Gasteiger partial charge in [-0.1, -0.05) is 6.92 Å². The van der Waals surface area contributed by atoms with E-state index in [0.29, 0.717) is 12.5 Å². The third-order valence-electron chi connectivity index (χ3n) is 3.78. The first-order chi connectivity index (χ1) is 8.58. The van der Waals surface area contributed by atoms with Crippen molar-refractivity contribution in [2.75, 3.05) is 24.6 Å². The van der Waals surface area contributed by atoms with Crippen LogP contribution in [0.2, 0.25) is 0 Å². The average Bonchev–Trinajstić information content (AvgIpc) is 3.14. The van der Waals surface area contributed by atoms with Gasteiger partial charge in [-0.15, -0.1) is 0 Å². The van der Waals surface area contributed by atoms with Crippen LogP contribution >= 0.6 is 11.8 Å². The first-order valence-electron chi connectivity index (χ1n) is 6.76. The van der Waals surface area contributed by atoms with Gasteiger partial charge in [-0.25, -0.2) is 0 Å². The summed E-state index contributed by atoms with van der Waals surface area (Å²) >= 11 is 1.88. The smallest absolute Gasteiger partial charge is 0.248 e. The second-order valence-electron chi connectivity index (χ2n) is 5.30. The molecule has 2 rings (SSSR count). The summed E-state index contributed by atoms with van der Waals surface area (Å²) in [5.74, 6) is 2.62. The molecule has 1 heterocycles. The van der Waals surface area contributed by atoms with Crippen molar-refractivity contribution in [3.8, 4) is 0 Å². The summed E-state index contributed by atoms with van der Waals surface area (Å²) < 4.78 is 0. The van der Waals surface area contributed by atoms with E-state index >= 15 is 0 Å². The third-order valence-corrected chi connectivity index (χ3v) is 4.77. The largest absolute Gasteiger partial charge is 0.340 e. The fourth-order valence-electron chi connectivity index (χ4n) is 2.58. The highest BCUT2D eigenvalue weighted by Crippen LogP contribution is 2.41. The van der Waals surface area contributed by atoms with Crippen LogP contribution in [0, 0.1) is 5.92 Å². The SMILES string of the molecule is CCSCCCN1CC(=O)NC(C)(C2CC2)C1=O. The van der Waals surface area contributed by atoms with Gasteiger partial charge in [0.1, 0.15) is 5.54 Å². The van der Waals surface area contributed by atoms with E-state index in [1.165, 1.54) is 0 Å². The van der Waals surface area contributed by atoms with Crippen molar-refractivity contribution >= 4 is 23.6 Å². The summed E-state index contributed by atoms with van der Waals surface area (Å²) in [4.78, 5) is 25.9. The van der Waals surface area contributed by atoms with Crippen LogP contribution in [0.25, 0.3) is 0 Å². The van der Waals surface area contributed by atoms with Gasteiger partial charge in [-0.3, -0.25) is 9.59 Å². The molecule has 102 valence electrons. The Morgan fingerprint density at radius 3 is 2.78 bits per heavy atom. The molecule has 18 heavy (non-hydrogen) atoms. The first-order valence-corrected chi connectivity index (χ1v) is 7.91. The number of carbonyl (C=O) groups is 2. The molecule has 2 amide bonds. The van der Waals surface area contributed by atoms with Crippen LogP contribution in [0.4, 0.5) is 0 Å². The molecule has 4 nitrogen and oxygen atoms in total. The fraction of sp³-hybridized carbons (Fsp3) is 0.846. The Morgan fingerprint density at radius 1 is 1.44 bits per heavy atom. The predicted octanol–water partition coefficient (Wildman–Crippen LogP) is 1.26. The Labute approximate surface area is 113 Å². The van der Waals surface area contributed by atoms with Gasteiger partial charge >= 0.3 is 0 Å². The highest BCUT2D eigenvalue weighted by molar-refractivity contribution is 7.99. The van der Waals surface area contributed by atoms with Crippen LogP contribution in [0.15, 0.2) is 0 Å². The van der Waals surface area contributed by atoms with Gasteiger partial charge in [0.05, 0.1) is 6.54 Å². The highest BCUT2D eigenvalue weighted by Gasteiger charge is 2.52. The number of piperazine rings is 1. The molecule has 0 aromatic heterocycles. The normalized spacial score (nSPS) is 28.4. The van der Waals surface area contributed by atoms with Crippen LogP contribution < -0.4 is 5.32 Å². The molecular weight excluding hydrogens is 248 g/mol. The highest BCUT2D eigenvalue weighted by atomic mass is 32.2. The second-order valence-corrected chi connectivity index (χ2v) is 6.70. The van der Waals surface area contributed by atoms with Gasteiger partial charge in [0, 0.05) is 6.54 Å². The summed E-state index contributed by atoms with van der Waals surface area (Å²) in [5.41, 5.74) is -0.632. The third kappa shape index (κ3) is 2.82. The maximum absolute atomic E-state index is 12.4. The molecule has 0 radical (unpaired) electrons. The minimum absolute atomic E-state index is 0.00727. The second kappa shape index (κ2) is 5.51. The van der Waals surface area contributed by atoms with Crippen LogP contribution in [0.3, 0.4) is 0 Å². The van der Waals surface area contributed by atoms with Crippen LogP contribution in [-0.4, -0.2) is 46.8 Å². The number of hydrogen-bond donors (Lipinski definition) is 1. The number of nitrogens with one attached hydrogen (secondary N) is 1. The summed E-state index contributed by atoms with van der Waals surface area (Å²) in [6.45, 7) is 4.96.